The van der Waals surface area contributed by atoms with Gasteiger partial charge in [0.05, 0.1) is 0 Å². The van der Waals surface area contributed by atoms with Crippen LogP contribution in [0, 0.1) is 0 Å². The lowest BCUT2D eigenvalue weighted by Gasteiger charge is -2.00. The second kappa shape index (κ2) is 29.2. The maximum absolute atomic E-state index is 10.4. The molecule has 0 spiro atoms. The third-order valence-corrected chi connectivity index (χ3v) is 5.88. The Hall–Kier alpha value is -1.83. The lowest BCUT2D eigenvalue weighted by atomic mass is 10.1. The average molecular weight is 471 g/mol. The van der Waals surface area contributed by atoms with E-state index in [9.17, 15) is 4.79 Å². The van der Waals surface area contributed by atoms with Crippen LogP contribution in [0.2, 0.25) is 0 Å². The van der Waals surface area contributed by atoms with Crippen LogP contribution in [-0.2, 0) is 4.79 Å². The third-order valence-electron chi connectivity index (χ3n) is 5.88. The van der Waals surface area contributed by atoms with Gasteiger partial charge in [0.15, 0.2) is 0 Å². The molecular formula is C32H54O2. The molecule has 0 bridgehead atoms. The van der Waals surface area contributed by atoms with Gasteiger partial charge in [-0.3, -0.25) is 4.79 Å². The molecule has 0 unspecified atom stereocenters. The lowest BCUT2D eigenvalue weighted by Crippen LogP contribution is -1.93. The van der Waals surface area contributed by atoms with Crippen molar-refractivity contribution in [1.29, 1.82) is 0 Å². The number of rotatable bonds is 25. The summed E-state index contributed by atoms with van der Waals surface area (Å²) in [4.78, 5) is 10.4. The molecule has 0 aromatic rings. The molecule has 34 heavy (non-hydrogen) atoms. The van der Waals surface area contributed by atoms with E-state index in [4.69, 9.17) is 5.11 Å². The molecule has 0 aromatic carbocycles. The van der Waals surface area contributed by atoms with Crippen LogP contribution in [-0.4, -0.2) is 11.1 Å². The summed E-state index contributed by atoms with van der Waals surface area (Å²) in [6, 6.07) is 0. The van der Waals surface area contributed by atoms with Crippen molar-refractivity contribution >= 4 is 5.97 Å². The Bertz CT molecular complexity index is 566. The first-order chi connectivity index (χ1) is 16.8. The molecule has 0 heterocycles. The van der Waals surface area contributed by atoms with Crippen molar-refractivity contribution in [1.82, 2.24) is 0 Å². The minimum atomic E-state index is -0.663. The first-order valence-corrected chi connectivity index (χ1v) is 14.2. The Morgan fingerprint density at radius 2 is 0.824 bits per heavy atom. The van der Waals surface area contributed by atoms with Gasteiger partial charge < -0.3 is 5.11 Å². The molecule has 0 saturated carbocycles. The van der Waals surface area contributed by atoms with Crippen molar-refractivity contribution < 1.29 is 9.90 Å². The van der Waals surface area contributed by atoms with E-state index in [-0.39, 0.29) is 0 Å². The summed E-state index contributed by atoms with van der Waals surface area (Å²) in [7, 11) is 0. The zero-order valence-corrected chi connectivity index (χ0v) is 22.3. The van der Waals surface area contributed by atoms with Gasteiger partial charge in [-0.1, -0.05) is 119 Å². The standard InChI is InChI=1S/C32H54O2/c1-2-3-4-5-6-7-8-9-10-11-12-13-14-15-16-17-18-19-20-21-22-23-24-25-26-27-28-29-30-31-32(33)34/h6-7,9-10,12-13,15-16,20-21H,2-5,8,11,14,17-19,22-31H2,1H3,(H,33,34)/b7-6-,10-9-,13-12-,16-15-,21-20-. The zero-order valence-electron chi connectivity index (χ0n) is 22.3. The molecule has 2 nitrogen and oxygen atoms in total. The van der Waals surface area contributed by atoms with Crippen LogP contribution >= 0.6 is 0 Å². The molecule has 0 saturated heterocycles. The smallest absolute Gasteiger partial charge is 0.303 e. The highest BCUT2D eigenvalue weighted by atomic mass is 16.4. The van der Waals surface area contributed by atoms with Crippen LogP contribution in [0.15, 0.2) is 60.8 Å². The van der Waals surface area contributed by atoms with Gasteiger partial charge in [0.1, 0.15) is 0 Å². The summed E-state index contributed by atoms with van der Waals surface area (Å²) in [5.41, 5.74) is 0. The topological polar surface area (TPSA) is 37.3 Å². The zero-order chi connectivity index (χ0) is 24.8. The van der Waals surface area contributed by atoms with E-state index in [1.54, 1.807) is 0 Å². The Kier molecular flexibility index (Phi) is 27.6. The van der Waals surface area contributed by atoms with Crippen molar-refractivity contribution in [3.63, 3.8) is 0 Å². The van der Waals surface area contributed by atoms with Gasteiger partial charge in [0.2, 0.25) is 0 Å². The average Bonchev–Trinajstić information content (AvgIpc) is 2.83. The van der Waals surface area contributed by atoms with E-state index in [1.165, 1.54) is 89.9 Å². The van der Waals surface area contributed by atoms with Crippen LogP contribution < -0.4 is 0 Å². The van der Waals surface area contributed by atoms with Gasteiger partial charge in [0, 0.05) is 6.42 Å². The molecule has 0 fully saturated rings. The second-order valence-corrected chi connectivity index (χ2v) is 9.25. The Morgan fingerprint density at radius 1 is 0.471 bits per heavy atom. The first kappa shape index (κ1) is 32.2. The predicted octanol–water partition coefficient (Wildman–Crippen LogP) is 10.7. The summed E-state index contributed by atoms with van der Waals surface area (Å²) in [5, 5.41) is 8.60. The van der Waals surface area contributed by atoms with E-state index in [0.29, 0.717) is 6.42 Å². The second-order valence-electron chi connectivity index (χ2n) is 9.25. The van der Waals surface area contributed by atoms with Crippen molar-refractivity contribution in [3.05, 3.63) is 60.8 Å². The van der Waals surface area contributed by atoms with Gasteiger partial charge in [0.25, 0.3) is 0 Å². The first-order valence-electron chi connectivity index (χ1n) is 14.2. The number of unbranched alkanes of at least 4 members (excludes halogenated alkanes) is 13. The molecule has 0 aliphatic carbocycles. The number of carboxylic acids is 1. The highest BCUT2D eigenvalue weighted by molar-refractivity contribution is 5.66. The van der Waals surface area contributed by atoms with Gasteiger partial charge in [-0.05, 0) is 70.6 Å². The van der Waals surface area contributed by atoms with Crippen molar-refractivity contribution in [2.45, 2.75) is 135 Å². The Labute approximate surface area is 212 Å². The number of allylic oxidation sites excluding steroid dienone is 10. The van der Waals surface area contributed by atoms with Crippen LogP contribution in [0.3, 0.4) is 0 Å². The number of hydrogen-bond donors (Lipinski definition) is 1. The fourth-order valence-electron chi connectivity index (χ4n) is 3.75. The van der Waals surface area contributed by atoms with E-state index >= 15 is 0 Å². The molecule has 2 heteroatoms. The van der Waals surface area contributed by atoms with Crippen molar-refractivity contribution in [3.8, 4) is 0 Å². The molecule has 0 aromatic heterocycles. The van der Waals surface area contributed by atoms with Crippen LogP contribution in [0.1, 0.15) is 135 Å². The minimum Gasteiger partial charge on any atom is -0.481 e. The van der Waals surface area contributed by atoms with Crippen LogP contribution in [0.5, 0.6) is 0 Å². The van der Waals surface area contributed by atoms with Gasteiger partial charge in [-0.2, -0.15) is 0 Å². The Morgan fingerprint density at radius 3 is 1.29 bits per heavy atom. The summed E-state index contributed by atoms with van der Waals surface area (Å²) in [5.74, 6) is -0.663. The molecule has 0 rings (SSSR count). The highest BCUT2D eigenvalue weighted by Crippen LogP contribution is 2.11. The summed E-state index contributed by atoms with van der Waals surface area (Å²) in [6.45, 7) is 2.25. The maximum Gasteiger partial charge on any atom is 0.303 e. The third kappa shape index (κ3) is 30.2. The number of hydrogen-bond acceptors (Lipinski definition) is 1. The SMILES string of the molecule is CCCCC/C=C\C/C=C\C/C=C\C/C=C\CCC/C=C\CCCCCCCCCCC(=O)O. The van der Waals surface area contributed by atoms with E-state index < -0.39 is 5.97 Å². The molecule has 0 amide bonds. The molecule has 0 atom stereocenters. The number of carboxylic acid groups (broad SMARTS) is 1. The molecule has 1 N–H and O–H groups in total. The highest BCUT2D eigenvalue weighted by Gasteiger charge is 1.96. The van der Waals surface area contributed by atoms with Crippen LogP contribution in [0.4, 0.5) is 0 Å². The van der Waals surface area contributed by atoms with Gasteiger partial charge >= 0.3 is 5.97 Å². The maximum atomic E-state index is 10.4. The minimum absolute atomic E-state index is 0.329. The van der Waals surface area contributed by atoms with E-state index in [1.807, 2.05) is 0 Å². The normalized spacial score (nSPS) is 12.5. The quantitative estimate of drug-likeness (QED) is 0.106. The molecule has 194 valence electrons. The van der Waals surface area contributed by atoms with E-state index in [0.717, 1.165) is 32.1 Å². The lowest BCUT2D eigenvalue weighted by molar-refractivity contribution is -0.137. The summed E-state index contributed by atoms with van der Waals surface area (Å²) >= 11 is 0. The van der Waals surface area contributed by atoms with Crippen molar-refractivity contribution in [2.75, 3.05) is 0 Å². The van der Waals surface area contributed by atoms with Gasteiger partial charge in [-0.15, -0.1) is 0 Å². The largest absolute Gasteiger partial charge is 0.481 e. The fourth-order valence-corrected chi connectivity index (χ4v) is 3.75. The molecule has 0 radical (unpaired) electrons. The molecule has 0 aliphatic rings. The number of carbonyl (C=O) groups is 1. The van der Waals surface area contributed by atoms with Crippen molar-refractivity contribution in [2.24, 2.45) is 0 Å². The summed E-state index contributed by atoms with van der Waals surface area (Å²) < 4.78 is 0. The molecular weight excluding hydrogens is 416 g/mol. The van der Waals surface area contributed by atoms with E-state index in [2.05, 4.69) is 67.7 Å². The molecule has 0 aliphatic heterocycles. The van der Waals surface area contributed by atoms with Gasteiger partial charge in [-0.25, -0.2) is 0 Å². The predicted molar refractivity (Wildman–Crippen MR) is 151 cm³/mol. The fraction of sp³-hybridized carbons (Fsp3) is 0.656. The summed E-state index contributed by atoms with van der Waals surface area (Å²) in [6.07, 6.45) is 46.0. The van der Waals surface area contributed by atoms with Crippen LogP contribution in [0.25, 0.3) is 0 Å². The monoisotopic (exact) mass is 470 g/mol. The number of aliphatic carboxylic acids is 1. The Balaban J connectivity index is 3.33.